The molecule has 0 bridgehead atoms. The highest BCUT2D eigenvalue weighted by molar-refractivity contribution is 9.11. The number of nitrogens with one attached hydrogen (secondary N) is 1. The predicted molar refractivity (Wildman–Crippen MR) is 124 cm³/mol. The van der Waals surface area contributed by atoms with Gasteiger partial charge in [-0.25, -0.2) is 9.59 Å². The fraction of sp³-hybridized carbons (Fsp3) is 0.143. The lowest BCUT2D eigenvalue weighted by Crippen LogP contribution is -2.11. The maximum Gasteiger partial charge on any atom is 0.417 e. The number of alkyl halides is 3. The number of carboxylic acid groups (broad SMARTS) is 2. The Hall–Kier alpha value is -2.57. The molecule has 3 N–H and O–H groups in total. The molecule has 0 aliphatic heterocycles. The van der Waals surface area contributed by atoms with Gasteiger partial charge in [0.05, 0.1) is 14.9 Å². The number of carbonyl (C=O) groups is 2. The average molecular weight is 609 g/mol. The molecule has 1 heterocycles. The number of rotatable bonds is 8. The van der Waals surface area contributed by atoms with E-state index >= 15 is 0 Å². The molecule has 33 heavy (non-hydrogen) atoms. The van der Waals surface area contributed by atoms with Gasteiger partial charge in [0.2, 0.25) is 0 Å². The molecule has 1 aromatic heterocycles. The van der Waals surface area contributed by atoms with Crippen molar-refractivity contribution in [3.05, 3.63) is 67.4 Å². The Kier molecular flexibility index (Phi) is 7.70. The summed E-state index contributed by atoms with van der Waals surface area (Å²) in [6.07, 6.45) is -4.50. The van der Waals surface area contributed by atoms with Crippen molar-refractivity contribution in [1.82, 2.24) is 0 Å². The molecular formula is C21H14Br2F3NO5S. The zero-order valence-corrected chi connectivity index (χ0v) is 20.4. The van der Waals surface area contributed by atoms with E-state index in [4.69, 9.17) is 9.84 Å². The lowest BCUT2D eigenvalue weighted by atomic mass is 10.1. The number of carboxylic acids is 2. The first-order valence-electron chi connectivity index (χ1n) is 9.07. The maximum absolute atomic E-state index is 13.1. The summed E-state index contributed by atoms with van der Waals surface area (Å²) >= 11 is 7.11. The second kappa shape index (κ2) is 10.1. The van der Waals surface area contributed by atoms with Crippen LogP contribution in [0.2, 0.25) is 0 Å². The molecule has 0 atom stereocenters. The molecule has 0 radical (unpaired) electrons. The normalized spacial score (nSPS) is 11.3. The van der Waals surface area contributed by atoms with Crippen LogP contribution in [0.1, 0.15) is 20.8 Å². The van der Waals surface area contributed by atoms with Crippen LogP contribution in [-0.4, -0.2) is 28.8 Å². The summed E-state index contributed by atoms with van der Waals surface area (Å²) in [6.45, 7) is -0.490. The standard InChI is InChI=1S/C21H14Br2F3NO5S/c22-14-5-4-12(7-13(14)21(24,25)26)27-8-10-2-1-3-11(6-10)18-16(23)17(32-9-15(28)29)19(33-18)20(30)31/h1-7,27H,8-9H2,(H,28,29)(H,30,31). The molecule has 174 valence electrons. The monoisotopic (exact) mass is 607 g/mol. The van der Waals surface area contributed by atoms with Crippen molar-refractivity contribution in [3.8, 4) is 16.2 Å². The molecule has 0 spiro atoms. The average Bonchev–Trinajstić information content (AvgIpc) is 3.07. The summed E-state index contributed by atoms with van der Waals surface area (Å²) in [4.78, 5) is 22.7. The van der Waals surface area contributed by atoms with Gasteiger partial charge in [-0.1, -0.05) is 34.1 Å². The van der Waals surface area contributed by atoms with Crippen molar-refractivity contribution in [1.29, 1.82) is 0 Å². The van der Waals surface area contributed by atoms with Gasteiger partial charge in [0, 0.05) is 16.7 Å². The van der Waals surface area contributed by atoms with Crippen LogP contribution >= 0.6 is 43.2 Å². The van der Waals surface area contributed by atoms with E-state index < -0.39 is 30.3 Å². The first kappa shape index (κ1) is 25.1. The first-order valence-corrected chi connectivity index (χ1v) is 11.5. The minimum absolute atomic E-state index is 0.0553. The number of hydrogen-bond acceptors (Lipinski definition) is 5. The third kappa shape index (κ3) is 6.06. The van der Waals surface area contributed by atoms with Crippen LogP contribution in [0, 0.1) is 0 Å². The highest BCUT2D eigenvalue weighted by Gasteiger charge is 2.33. The molecule has 0 fully saturated rings. The Labute approximate surface area is 206 Å². The van der Waals surface area contributed by atoms with Gasteiger partial charge in [0.25, 0.3) is 0 Å². The van der Waals surface area contributed by atoms with Gasteiger partial charge in [-0.2, -0.15) is 13.2 Å². The van der Waals surface area contributed by atoms with Gasteiger partial charge in [0.15, 0.2) is 17.2 Å². The van der Waals surface area contributed by atoms with Gasteiger partial charge in [-0.15, -0.1) is 11.3 Å². The largest absolute Gasteiger partial charge is 0.479 e. The third-order valence-corrected chi connectivity index (χ3v) is 7.22. The van der Waals surface area contributed by atoms with Gasteiger partial charge >= 0.3 is 18.1 Å². The summed E-state index contributed by atoms with van der Waals surface area (Å²) < 4.78 is 44.7. The molecule has 0 saturated heterocycles. The van der Waals surface area contributed by atoms with Crippen molar-refractivity contribution in [3.63, 3.8) is 0 Å². The van der Waals surface area contributed by atoms with Gasteiger partial charge < -0.3 is 20.3 Å². The SMILES string of the molecule is O=C(O)COc1c(C(=O)O)sc(-c2cccc(CNc3ccc(Br)c(C(F)(F)F)c3)c2)c1Br. The number of aromatic carboxylic acids is 1. The van der Waals surface area contributed by atoms with E-state index in [1.807, 2.05) is 0 Å². The second-order valence-corrected chi connectivity index (χ2v) is 9.31. The molecule has 6 nitrogen and oxygen atoms in total. The summed E-state index contributed by atoms with van der Waals surface area (Å²) in [5.74, 6) is -2.59. The maximum atomic E-state index is 13.1. The van der Waals surface area contributed by atoms with Crippen molar-refractivity contribution in [2.75, 3.05) is 11.9 Å². The Morgan fingerprint density at radius 3 is 2.45 bits per heavy atom. The van der Waals surface area contributed by atoms with E-state index in [9.17, 15) is 27.9 Å². The minimum Gasteiger partial charge on any atom is -0.479 e. The van der Waals surface area contributed by atoms with Gasteiger partial charge in [0.1, 0.15) is 0 Å². The van der Waals surface area contributed by atoms with Crippen LogP contribution in [0.25, 0.3) is 10.4 Å². The van der Waals surface area contributed by atoms with Gasteiger partial charge in [-0.05, 0) is 51.3 Å². The molecule has 0 aliphatic rings. The zero-order valence-electron chi connectivity index (χ0n) is 16.4. The molecule has 0 unspecified atom stereocenters. The summed E-state index contributed by atoms with van der Waals surface area (Å²) in [5, 5.41) is 21.2. The Morgan fingerprint density at radius 1 is 1.09 bits per heavy atom. The number of halogens is 5. The molecule has 12 heteroatoms. The quantitative estimate of drug-likeness (QED) is 0.262. The number of aliphatic carboxylic acids is 1. The van der Waals surface area contributed by atoms with E-state index in [2.05, 4.69) is 37.2 Å². The van der Waals surface area contributed by atoms with Crippen LogP contribution < -0.4 is 10.1 Å². The van der Waals surface area contributed by atoms with E-state index in [-0.39, 0.29) is 27.3 Å². The topological polar surface area (TPSA) is 95.9 Å². The molecule has 0 amide bonds. The number of hydrogen-bond donors (Lipinski definition) is 3. The van der Waals surface area contributed by atoms with E-state index in [0.29, 0.717) is 14.9 Å². The second-order valence-electron chi connectivity index (χ2n) is 6.64. The summed E-state index contributed by atoms with van der Waals surface area (Å²) in [6, 6.07) is 10.8. The van der Waals surface area contributed by atoms with Crippen molar-refractivity contribution in [2.45, 2.75) is 12.7 Å². The Bertz CT molecular complexity index is 1210. The van der Waals surface area contributed by atoms with E-state index in [1.165, 1.54) is 12.1 Å². The van der Waals surface area contributed by atoms with Crippen LogP contribution in [0.4, 0.5) is 18.9 Å². The zero-order chi connectivity index (χ0) is 24.3. The first-order chi connectivity index (χ1) is 15.5. The van der Waals surface area contributed by atoms with Crippen molar-refractivity contribution < 1.29 is 37.7 Å². The number of thiophene rings is 1. The van der Waals surface area contributed by atoms with Crippen LogP contribution in [0.5, 0.6) is 5.75 Å². The van der Waals surface area contributed by atoms with E-state index in [0.717, 1.165) is 23.0 Å². The number of anilines is 1. The Balaban J connectivity index is 1.85. The number of ether oxygens (including phenoxy) is 1. The summed E-state index contributed by atoms with van der Waals surface area (Å²) in [7, 11) is 0. The fourth-order valence-corrected chi connectivity index (χ4v) is 5.22. The van der Waals surface area contributed by atoms with Crippen LogP contribution in [0.15, 0.2) is 51.4 Å². The molecule has 0 aliphatic carbocycles. The predicted octanol–water partition coefficient (Wildman–Crippen LogP) is 6.73. The van der Waals surface area contributed by atoms with Gasteiger partial charge in [-0.3, -0.25) is 0 Å². The Morgan fingerprint density at radius 2 is 1.82 bits per heavy atom. The molecule has 3 aromatic rings. The molecular weight excluding hydrogens is 595 g/mol. The molecule has 0 saturated carbocycles. The smallest absolute Gasteiger partial charge is 0.417 e. The lowest BCUT2D eigenvalue weighted by Gasteiger charge is -2.13. The van der Waals surface area contributed by atoms with Crippen molar-refractivity contribution in [2.24, 2.45) is 0 Å². The number of benzene rings is 2. The van der Waals surface area contributed by atoms with E-state index in [1.54, 1.807) is 24.3 Å². The molecule has 3 rings (SSSR count). The van der Waals surface area contributed by atoms with Crippen LogP contribution in [0.3, 0.4) is 0 Å². The highest BCUT2D eigenvalue weighted by Crippen LogP contribution is 2.45. The highest BCUT2D eigenvalue weighted by atomic mass is 79.9. The van der Waals surface area contributed by atoms with Crippen LogP contribution in [-0.2, 0) is 17.5 Å². The lowest BCUT2D eigenvalue weighted by molar-refractivity contribution is -0.139. The molecule has 2 aromatic carbocycles. The van der Waals surface area contributed by atoms with Crippen molar-refractivity contribution >= 4 is 60.8 Å². The fourth-order valence-electron chi connectivity index (χ4n) is 2.86. The minimum atomic E-state index is -4.50. The third-order valence-electron chi connectivity index (χ3n) is 4.30. The summed E-state index contributed by atoms with van der Waals surface area (Å²) in [5.41, 5.74) is 0.851.